The van der Waals surface area contributed by atoms with Crippen LogP contribution >= 0.6 is 11.6 Å². The summed E-state index contributed by atoms with van der Waals surface area (Å²) in [7, 11) is 1.60. The number of alkyl halides is 1. The van der Waals surface area contributed by atoms with Crippen molar-refractivity contribution in [2.75, 3.05) is 7.11 Å². The Morgan fingerprint density at radius 1 is 1.53 bits per heavy atom. The number of rotatable bonds is 3. The van der Waals surface area contributed by atoms with Crippen LogP contribution in [0.15, 0.2) is 30.7 Å². The zero-order chi connectivity index (χ0) is 10.7. The van der Waals surface area contributed by atoms with Gasteiger partial charge in [0.1, 0.15) is 0 Å². The lowest BCUT2D eigenvalue weighted by atomic mass is 10.3. The average Bonchev–Trinajstić information content (AvgIpc) is 2.77. The second kappa shape index (κ2) is 4.31. The molecule has 0 aromatic carbocycles. The van der Waals surface area contributed by atoms with Crippen molar-refractivity contribution in [2.45, 2.75) is 5.88 Å². The first-order valence-electron chi connectivity index (χ1n) is 4.44. The molecule has 0 N–H and O–H groups in total. The summed E-state index contributed by atoms with van der Waals surface area (Å²) in [6, 6.07) is 3.77. The van der Waals surface area contributed by atoms with Gasteiger partial charge < -0.3 is 4.74 Å². The summed E-state index contributed by atoms with van der Waals surface area (Å²) < 4.78 is 6.70. The lowest BCUT2D eigenvalue weighted by Gasteiger charge is -2.04. The number of hydrogen-bond donors (Lipinski definition) is 0. The zero-order valence-corrected chi connectivity index (χ0v) is 8.98. The number of hydrogen-bond acceptors (Lipinski definition) is 3. The Labute approximate surface area is 92.5 Å². The van der Waals surface area contributed by atoms with Crippen molar-refractivity contribution < 1.29 is 4.74 Å². The molecule has 0 aliphatic carbocycles. The molecule has 0 fully saturated rings. The first kappa shape index (κ1) is 9.98. The van der Waals surface area contributed by atoms with E-state index in [9.17, 15) is 0 Å². The Balaban J connectivity index is 2.44. The molecule has 5 heteroatoms. The third-order valence-corrected chi connectivity index (χ3v) is 2.31. The molecule has 0 atom stereocenters. The SMILES string of the molecule is COc1cnn(-c2ncccc2CCl)c1. The molecule has 0 radical (unpaired) electrons. The van der Waals surface area contributed by atoms with E-state index in [1.165, 1.54) is 0 Å². The zero-order valence-electron chi connectivity index (χ0n) is 8.22. The Hall–Kier alpha value is -1.55. The number of methoxy groups -OCH3 is 1. The van der Waals surface area contributed by atoms with Gasteiger partial charge in [0.05, 0.1) is 25.4 Å². The highest BCUT2D eigenvalue weighted by Crippen LogP contribution is 2.16. The molecular formula is C10H10ClN3O. The fourth-order valence-electron chi connectivity index (χ4n) is 1.27. The maximum Gasteiger partial charge on any atom is 0.157 e. The Kier molecular flexibility index (Phi) is 2.87. The van der Waals surface area contributed by atoms with Crippen molar-refractivity contribution in [2.24, 2.45) is 0 Å². The summed E-state index contributed by atoms with van der Waals surface area (Å²) in [6.45, 7) is 0. The van der Waals surface area contributed by atoms with Crippen LogP contribution in [0.3, 0.4) is 0 Å². The number of nitrogens with zero attached hydrogens (tertiary/aromatic N) is 3. The molecule has 0 saturated carbocycles. The van der Waals surface area contributed by atoms with Crippen molar-refractivity contribution in [3.8, 4) is 11.6 Å². The molecule has 0 amide bonds. The molecule has 2 rings (SSSR count). The topological polar surface area (TPSA) is 39.9 Å². The maximum absolute atomic E-state index is 5.81. The normalized spacial score (nSPS) is 10.3. The summed E-state index contributed by atoms with van der Waals surface area (Å²) >= 11 is 5.81. The van der Waals surface area contributed by atoms with E-state index in [1.54, 1.807) is 30.4 Å². The molecule has 0 aliphatic heterocycles. The minimum atomic E-state index is 0.408. The maximum atomic E-state index is 5.81. The van der Waals surface area contributed by atoms with Crippen molar-refractivity contribution in [1.82, 2.24) is 14.8 Å². The van der Waals surface area contributed by atoms with Crippen molar-refractivity contribution >= 4 is 11.6 Å². The Morgan fingerprint density at radius 2 is 2.40 bits per heavy atom. The monoisotopic (exact) mass is 223 g/mol. The van der Waals surface area contributed by atoms with Gasteiger partial charge in [-0.05, 0) is 6.07 Å². The molecule has 78 valence electrons. The minimum Gasteiger partial charge on any atom is -0.493 e. The fraction of sp³-hybridized carbons (Fsp3) is 0.200. The number of aromatic nitrogens is 3. The summed E-state index contributed by atoms with van der Waals surface area (Å²) in [5.74, 6) is 1.84. The van der Waals surface area contributed by atoms with Crippen LogP contribution in [0.25, 0.3) is 5.82 Å². The largest absolute Gasteiger partial charge is 0.493 e. The van der Waals surface area contributed by atoms with Crippen LogP contribution in [0, 0.1) is 0 Å². The van der Waals surface area contributed by atoms with E-state index in [-0.39, 0.29) is 0 Å². The minimum absolute atomic E-state index is 0.408. The second-order valence-corrected chi connectivity index (χ2v) is 3.21. The standard InChI is InChI=1S/C10H10ClN3O/c1-15-9-6-13-14(7-9)10-8(5-11)3-2-4-12-10/h2-4,6-7H,5H2,1H3. The highest BCUT2D eigenvalue weighted by Gasteiger charge is 2.06. The molecule has 0 spiro atoms. The molecule has 0 aliphatic rings. The van der Waals surface area contributed by atoms with Crippen LogP contribution < -0.4 is 4.74 Å². The molecule has 2 heterocycles. The summed E-state index contributed by atoms with van der Waals surface area (Å²) in [5, 5.41) is 4.14. The molecule has 2 aromatic rings. The first-order valence-corrected chi connectivity index (χ1v) is 4.97. The number of pyridine rings is 1. The molecule has 0 saturated heterocycles. The molecule has 4 nitrogen and oxygen atoms in total. The van der Waals surface area contributed by atoms with E-state index in [4.69, 9.17) is 16.3 Å². The van der Waals surface area contributed by atoms with Gasteiger partial charge in [-0.3, -0.25) is 0 Å². The van der Waals surface area contributed by atoms with Crippen LogP contribution in [0.1, 0.15) is 5.56 Å². The van der Waals surface area contributed by atoms with E-state index in [0.29, 0.717) is 11.6 Å². The van der Waals surface area contributed by atoms with Crippen LogP contribution in [0.4, 0.5) is 0 Å². The molecular weight excluding hydrogens is 214 g/mol. The number of halogens is 1. The predicted octanol–water partition coefficient (Wildman–Crippen LogP) is 2.01. The van der Waals surface area contributed by atoms with E-state index >= 15 is 0 Å². The lowest BCUT2D eigenvalue weighted by Crippen LogP contribution is -2.01. The molecule has 0 bridgehead atoms. The van der Waals surface area contributed by atoms with Gasteiger partial charge >= 0.3 is 0 Å². The smallest absolute Gasteiger partial charge is 0.157 e. The number of ether oxygens (including phenoxy) is 1. The lowest BCUT2D eigenvalue weighted by molar-refractivity contribution is 0.414. The Morgan fingerprint density at radius 3 is 3.07 bits per heavy atom. The van der Waals surface area contributed by atoms with Gasteiger partial charge in [0.2, 0.25) is 0 Å². The van der Waals surface area contributed by atoms with Crippen molar-refractivity contribution in [3.05, 3.63) is 36.3 Å². The Bertz CT molecular complexity index is 455. The summed E-state index contributed by atoms with van der Waals surface area (Å²) in [6.07, 6.45) is 5.10. The van der Waals surface area contributed by atoms with Gasteiger partial charge in [0.15, 0.2) is 11.6 Å². The van der Waals surface area contributed by atoms with Crippen LogP contribution in [0.5, 0.6) is 5.75 Å². The highest BCUT2D eigenvalue weighted by molar-refractivity contribution is 6.17. The predicted molar refractivity (Wildman–Crippen MR) is 57.5 cm³/mol. The van der Waals surface area contributed by atoms with Crippen molar-refractivity contribution in [3.63, 3.8) is 0 Å². The molecule has 0 unspecified atom stereocenters. The first-order chi connectivity index (χ1) is 7.35. The van der Waals surface area contributed by atoms with E-state index in [2.05, 4.69) is 10.1 Å². The summed E-state index contributed by atoms with van der Waals surface area (Å²) in [4.78, 5) is 4.23. The van der Waals surface area contributed by atoms with Gasteiger partial charge in [-0.2, -0.15) is 5.10 Å². The van der Waals surface area contributed by atoms with Gasteiger partial charge in [0, 0.05) is 11.8 Å². The van der Waals surface area contributed by atoms with Crippen LogP contribution in [0.2, 0.25) is 0 Å². The van der Waals surface area contributed by atoms with Gasteiger partial charge in [0.25, 0.3) is 0 Å². The van der Waals surface area contributed by atoms with E-state index in [0.717, 1.165) is 11.4 Å². The summed E-state index contributed by atoms with van der Waals surface area (Å²) in [5.41, 5.74) is 0.935. The van der Waals surface area contributed by atoms with E-state index in [1.807, 2.05) is 12.1 Å². The van der Waals surface area contributed by atoms with Crippen LogP contribution in [-0.2, 0) is 5.88 Å². The second-order valence-electron chi connectivity index (χ2n) is 2.94. The fourth-order valence-corrected chi connectivity index (χ4v) is 1.48. The quantitative estimate of drug-likeness (QED) is 0.748. The van der Waals surface area contributed by atoms with E-state index < -0.39 is 0 Å². The van der Waals surface area contributed by atoms with Gasteiger partial charge in [-0.1, -0.05) is 6.07 Å². The van der Waals surface area contributed by atoms with Gasteiger partial charge in [-0.15, -0.1) is 11.6 Å². The average molecular weight is 224 g/mol. The molecule has 2 aromatic heterocycles. The molecule has 15 heavy (non-hydrogen) atoms. The van der Waals surface area contributed by atoms with Gasteiger partial charge in [-0.25, -0.2) is 9.67 Å². The van der Waals surface area contributed by atoms with Crippen LogP contribution in [-0.4, -0.2) is 21.9 Å². The third-order valence-electron chi connectivity index (χ3n) is 2.02. The third kappa shape index (κ3) is 1.94. The van der Waals surface area contributed by atoms with Crippen molar-refractivity contribution in [1.29, 1.82) is 0 Å². The highest BCUT2D eigenvalue weighted by atomic mass is 35.5.